The SMILES string of the molecule is NC(=O)c1cc2nc[nH]c2cc1C(N)=O. The van der Waals surface area contributed by atoms with Crippen LogP contribution in [0.4, 0.5) is 0 Å². The summed E-state index contributed by atoms with van der Waals surface area (Å²) in [4.78, 5) is 28.9. The number of carbonyl (C=O) groups is 2. The lowest BCUT2D eigenvalue weighted by Gasteiger charge is -2.02. The second kappa shape index (κ2) is 3.09. The van der Waals surface area contributed by atoms with Gasteiger partial charge in [-0.25, -0.2) is 4.98 Å². The van der Waals surface area contributed by atoms with Crippen LogP contribution in [0.25, 0.3) is 11.0 Å². The summed E-state index contributed by atoms with van der Waals surface area (Å²) < 4.78 is 0. The standard InChI is InChI=1S/C9H8N4O2/c10-8(14)4-1-6-7(13-3-12-6)2-5(4)9(11)15/h1-3H,(H2,10,14)(H2,11,15)(H,12,13). The summed E-state index contributed by atoms with van der Waals surface area (Å²) in [5.41, 5.74) is 11.6. The molecule has 0 aliphatic carbocycles. The molecule has 6 nitrogen and oxygen atoms in total. The van der Waals surface area contributed by atoms with Gasteiger partial charge in [-0.3, -0.25) is 9.59 Å². The van der Waals surface area contributed by atoms with E-state index < -0.39 is 11.8 Å². The first-order valence-corrected chi connectivity index (χ1v) is 4.16. The van der Waals surface area contributed by atoms with Crippen LogP contribution in [0.15, 0.2) is 18.5 Å². The first-order chi connectivity index (χ1) is 7.09. The van der Waals surface area contributed by atoms with E-state index in [0.29, 0.717) is 11.0 Å². The van der Waals surface area contributed by atoms with Gasteiger partial charge in [0.2, 0.25) is 11.8 Å². The predicted molar refractivity (Wildman–Crippen MR) is 53.1 cm³/mol. The van der Waals surface area contributed by atoms with E-state index in [4.69, 9.17) is 11.5 Å². The molecule has 0 saturated carbocycles. The highest BCUT2D eigenvalue weighted by Gasteiger charge is 2.14. The van der Waals surface area contributed by atoms with E-state index in [1.165, 1.54) is 18.5 Å². The molecule has 0 aliphatic rings. The van der Waals surface area contributed by atoms with Gasteiger partial charge in [0.1, 0.15) is 0 Å². The molecule has 2 rings (SSSR count). The van der Waals surface area contributed by atoms with Crippen molar-refractivity contribution < 1.29 is 9.59 Å². The first-order valence-electron chi connectivity index (χ1n) is 4.16. The number of benzene rings is 1. The molecule has 0 radical (unpaired) electrons. The second-order valence-electron chi connectivity index (χ2n) is 3.05. The third-order valence-corrected chi connectivity index (χ3v) is 2.09. The van der Waals surface area contributed by atoms with E-state index in [9.17, 15) is 9.59 Å². The Labute approximate surface area is 84.3 Å². The van der Waals surface area contributed by atoms with Crippen LogP contribution in [0.3, 0.4) is 0 Å². The summed E-state index contributed by atoms with van der Waals surface area (Å²) >= 11 is 0. The number of aromatic nitrogens is 2. The Hall–Kier alpha value is -2.37. The van der Waals surface area contributed by atoms with Gasteiger partial charge in [0.05, 0.1) is 28.5 Å². The average molecular weight is 204 g/mol. The molecule has 0 unspecified atom stereocenters. The molecule has 15 heavy (non-hydrogen) atoms. The molecule has 0 aliphatic heterocycles. The predicted octanol–water partition coefficient (Wildman–Crippen LogP) is -0.239. The number of nitrogens with zero attached hydrogens (tertiary/aromatic N) is 1. The summed E-state index contributed by atoms with van der Waals surface area (Å²) in [5, 5.41) is 0. The van der Waals surface area contributed by atoms with Crippen molar-refractivity contribution in [1.82, 2.24) is 9.97 Å². The molecule has 1 aromatic carbocycles. The molecule has 2 amide bonds. The maximum absolute atomic E-state index is 11.1. The molecule has 0 spiro atoms. The number of nitrogens with two attached hydrogens (primary N) is 2. The van der Waals surface area contributed by atoms with Crippen LogP contribution in [0.2, 0.25) is 0 Å². The molecule has 0 fully saturated rings. The van der Waals surface area contributed by atoms with Crippen LogP contribution in [0.5, 0.6) is 0 Å². The van der Waals surface area contributed by atoms with Crippen LogP contribution >= 0.6 is 0 Å². The topological polar surface area (TPSA) is 115 Å². The molecule has 0 atom stereocenters. The number of amides is 2. The zero-order chi connectivity index (χ0) is 11.0. The number of H-pyrrole nitrogens is 1. The van der Waals surface area contributed by atoms with Gasteiger partial charge in [0.15, 0.2) is 0 Å². The number of carbonyl (C=O) groups excluding carboxylic acids is 2. The summed E-state index contributed by atoms with van der Waals surface area (Å²) in [6, 6.07) is 2.90. The van der Waals surface area contributed by atoms with Crippen molar-refractivity contribution in [3.05, 3.63) is 29.6 Å². The Balaban J connectivity index is 2.79. The Morgan fingerprint density at radius 3 is 2.33 bits per heavy atom. The third kappa shape index (κ3) is 1.41. The van der Waals surface area contributed by atoms with Crippen molar-refractivity contribution in [3.8, 4) is 0 Å². The van der Waals surface area contributed by atoms with E-state index in [0.717, 1.165) is 0 Å². The van der Waals surface area contributed by atoms with Crippen molar-refractivity contribution in [3.63, 3.8) is 0 Å². The van der Waals surface area contributed by atoms with Crippen LogP contribution < -0.4 is 11.5 Å². The average Bonchev–Trinajstić information content (AvgIpc) is 2.61. The lowest BCUT2D eigenvalue weighted by atomic mass is 10.1. The largest absolute Gasteiger partial charge is 0.366 e. The minimum atomic E-state index is -0.700. The number of fused-ring (bicyclic) bond motifs is 1. The summed E-state index contributed by atoms with van der Waals surface area (Å²) in [7, 11) is 0. The molecular formula is C9H8N4O2. The number of aromatic amines is 1. The number of primary amides is 2. The maximum atomic E-state index is 11.1. The highest BCUT2D eigenvalue weighted by Crippen LogP contribution is 2.16. The fourth-order valence-corrected chi connectivity index (χ4v) is 1.39. The van der Waals surface area contributed by atoms with Crippen LogP contribution in [-0.2, 0) is 0 Å². The summed E-state index contributed by atoms with van der Waals surface area (Å²) in [5.74, 6) is -1.39. The van der Waals surface area contributed by atoms with Crippen molar-refractivity contribution >= 4 is 22.8 Å². The van der Waals surface area contributed by atoms with Gasteiger partial charge in [-0.2, -0.15) is 0 Å². The van der Waals surface area contributed by atoms with Crippen LogP contribution in [0, 0.1) is 0 Å². The first kappa shape index (κ1) is 9.20. The molecular weight excluding hydrogens is 196 g/mol. The van der Waals surface area contributed by atoms with Gasteiger partial charge < -0.3 is 16.5 Å². The van der Waals surface area contributed by atoms with Crippen LogP contribution in [0.1, 0.15) is 20.7 Å². The second-order valence-corrected chi connectivity index (χ2v) is 3.05. The molecule has 6 heteroatoms. The van der Waals surface area contributed by atoms with E-state index in [2.05, 4.69) is 9.97 Å². The fraction of sp³-hybridized carbons (Fsp3) is 0. The quantitative estimate of drug-likeness (QED) is 0.626. The Bertz CT molecular complexity index is 510. The Morgan fingerprint density at radius 2 is 1.73 bits per heavy atom. The van der Waals surface area contributed by atoms with Gasteiger partial charge in [-0.15, -0.1) is 0 Å². The molecule has 76 valence electrons. The number of imidazole rings is 1. The monoisotopic (exact) mass is 204 g/mol. The van der Waals surface area contributed by atoms with Crippen LogP contribution in [-0.4, -0.2) is 21.8 Å². The number of hydrogen-bond donors (Lipinski definition) is 3. The highest BCUT2D eigenvalue weighted by atomic mass is 16.2. The molecule has 1 heterocycles. The van der Waals surface area contributed by atoms with E-state index in [1.54, 1.807) is 0 Å². The van der Waals surface area contributed by atoms with Crippen molar-refractivity contribution in [2.45, 2.75) is 0 Å². The van der Waals surface area contributed by atoms with E-state index >= 15 is 0 Å². The van der Waals surface area contributed by atoms with Gasteiger partial charge in [0.25, 0.3) is 0 Å². The number of hydrogen-bond acceptors (Lipinski definition) is 3. The highest BCUT2D eigenvalue weighted by molar-refractivity contribution is 6.08. The molecule has 2 aromatic rings. The normalized spacial score (nSPS) is 10.4. The van der Waals surface area contributed by atoms with Crippen molar-refractivity contribution in [1.29, 1.82) is 0 Å². The molecule has 0 saturated heterocycles. The Kier molecular flexibility index (Phi) is 1.89. The molecule has 1 aromatic heterocycles. The third-order valence-electron chi connectivity index (χ3n) is 2.09. The Morgan fingerprint density at radius 1 is 1.13 bits per heavy atom. The van der Waals surface area contributed by atoms with E-state index in [-0.39, 0.29) is 11.1 Å². The van der Waals surface area contributed by atoms with Crippen molar-refractivity contribution in [2.75, 3.05) is 0 Å². The maximum Gasteiger partial charge on any atom is 0.249 e. The minimum absolute atomic E-state index is 0.0853. The van der Waals surface area contributed by atoms with Gasteiger partial charge in [-0.1, -0.05) is 0 Å². The smallest absolute Gasteiger partial charge is 0.249 e. The van der Waals surface area contributed by atoms with Gasteiger partial charge in [-0.05, 0) is 12.1 Å². The summed E-state index contributed by atoms with van der Waals surface area (Å²) in [6.07, 6.45) is 1.46. The fourth-order valence-electron chi connectivity index (χ4n) is 1.39. The van der Waals surface area contributed by atoms with E-state index in [1.807, 2.05) is 0 Å². The lowest BCUT2D eigenvalue weighted by Crippen LogP contribution is -2.20. The van der Waals surface area contributed by atoms with Crippen molar-refractivity contribution in [2.24, 2.45) is 11.5 Å². The number of nitrogens with one attached hydrogen (secondary N) is 1. The number of rotatable bonds is 2. The van der Waals surface area contributed by atoms with Gasteiger partial charge in [0, 0.05) is 0 Å². The lowest BCUT2D eigenvalue weighted by molar-refractivity contribution is 0.0967. The zero-order valence-corrected chi connectivity index (χ0v) is 7.65. The van der Waals surface area contributed by atoms with Gasteiger partial charge >= 0.3 is 0 Å². The molecule has 0 bridgehead atoms. The molecule has 5 N–H and O–H groups in total. The minimum Gasteiger partial charge on any atom is -0.366 e. The summed E-state index contributed by atoms with van der Waals surface area (Å²) in [6.45, 7) is 0. The zero-order valence-electron chi connectivity index (χ0n) is 7.65.